The number of benzene rings is 1. The Kier molecular flexibility index (Phi) is 2.75. The lowest BCUT2D eigenvalue weighted by Gasteiger charge is -2.45. The molecular formula is C15H16N2OS. The molecule has 0 saturated heterocycles. The first-order valence-corrected chi connectivity index (χ1v) is 7.16. The zero-order valence-corrected chi connectivity index (χ0v) is 11.8. The Hall–Kier alpha value is -1.60. The summed E-state index contributed by atoms with van der Waals surface area (Å²) in [4.78, 5) is 0. The van der Waals surface area contributed by atoms with Crippen LogP contribution in [-0.2, 0) is 0 Å². The van der Waals surface area contributed by atoms with Gasteiger partial charge in [0.05, 0.1) is 23.3 Å². The standard InChI is InChI=1S/C15H16N2OS/c1-15(2)11-8-18-12-6-4-3-5-9(12)13(11)10(7-16)14(17)19-15/h3-6,11,13H,8,17H2,1-2H3/t11-,13+/m0/s1. The molecule has 0 fully saturated rings. The number of para-hydroxylation sites is 1. The van der Waals surface area contributed by atoms with Crippen LogP contribution in [0.4, 0.5) is 0 Å². The average Bonchev–Trinajstić information content (AvgIpc) is 2.38. The molecule has 1 aromatic carbocycles. The summed E-state index contributed by atoms with van der Waals surface area (Å²) >= 11 is 1.59. The van der Waals surface area contributed by atoms with Gasteiger partial charge in [-0.25, -0.2) is 0 Å². The van der Waals surface area contributed by atoms with Crippen molar-refractivity contribution in [3.8, 4) is 11.8 Å². The summed E-state index contributed by atoms with van der Waals surface area (Å²) in [7, 11) is 0. The van der Waals surface area contributed by atoms with Crippen LogP contribution in [-0.4, -0.2) is 11.4 Å². The van der Waals surface area contributed by atoms with Crippen LogP contribution < -0.4 is 10.5 Å². The van der Waals surface area contributed by atoms with Crippen LogP contribution in [0.5, 0.6) is 5.75 Å². The number of fused-ring (bicyclic) bond motifs is 3. The lowest BCUT2D eigenvalue weighted by Crippen LogP contribution is -2.43. The summed E-state index contributed by atoms with van der Waals surface area (Å²) in [6.07, 6.45) is 0. The van der Waals surface area contributed by atoms with E-state index < -0.39 is 0 Å². The minimum atomic E-state index is -0.0252. The van der Waals surface area contributed by atoms with Crippen LogP contribution in [0.2, 0.25) is 0 Å². The van der Waals surface area contributed by atoms with E-state index >= 15 is 0 Å². The Labute approximate surface area is 117 Å². The zero-order chi connectivity index (χ0) is 13.6. The molecule has 19 heavy (non-hydrogen) atoms. The van der Waals surface area contributed by atoms with Crippen LogP contribution in [0.25, 0.3) is 0 Å². The summed E-state index contributed by atoms with van der Waals surface area (Å²) in [6.45, 7) is 4.99. The van der Waals surface area contributed by atoms with E-state index in [2.05, 4.69) is 19.9 Å². The number of hydrogen-bond acceptors (Lipinski definition) is 4. The Morgan fingerprint density at radius 1 is 1.42 bits per heavy atom. The Morgan fingerprint density at radius 3 is 2.89 bits per heavy atom. The maximum atomic E-state index is 9.45. The van der Waals surface area contributed by atoms with E-state index in [0.29, 0.717) is 17.2 Å². The molecule has 3 nitrogen and oxygen atoms in total. The van der Waals surface area contributed by atoms with Crippen molar-refractivity contribution in [2.45, 2.75) is 24.5 Å². The molecule has 3 rings (SSSR count). The second kappa shape index (κ2) is 4.21. The fraction of sp³-hybridized carbons (Fsp3) is 0.400. The lowest BCUT2D eigenvalue weighted by atomic mass is 9.73. The van der Waals surface area contributed by atoms with Crippen molar-refractivity contribution in [1.82, 2.24) is 0 Å². The van der Waals surface area contributed by atoms with E-state index in [1.165, 1.54) is 0 Å². The maximum Gasteiger partial charge on any atom is 0.123 e. The molecule has 2 aliphatic heterocycles. The van der Waals surface area contributed by atoms with Gasteiger partial charge in [0.1, 0.15) is 5.75 Å². The molecule has 2 atom stereocenters. The van der Waals surface area contributed by atoms with Crippen LogP contribution in [0.15, 0.2) is 34.9 Å². The number of thioether (sulfide) groups is 1. The SMILES string of the molecule is CC1(C)SC(N)=C(C#N)[C@H]2c3ccccc3OC[C@@H]21. The molecule has 0 radical (unpaired) electrons. The van der Waals surface area contributed by atoms with Gasteiger partial charge >= 0.3 is 0 Å². The van der Waals surface area contributed by atoms with Crippen molar-refractivity contribution in [1.29, 1.82) is 5.26 Å². The van der Waals surface area contributed by atoms with Crippen LogP contribution in [0.3, 0.4) is 0 Å². The van der Waals surface area contributed by atoms with E-state index in [1.807, 2.05) is 24.3 Å². The summed E-state index contributed by atoms with van der Waals surface area (Å²) in [5, 5.41) is 10.1. The first kappa shape index (κ1) is 12.4. The van der Waals surface area contributed by atoms with Gasteiger partial charge in [0.2, 0.25) is 0 Å². The molecule has 0 saturated carbocycles. The highest BCUT2D eigenvalue weighted by atomic mass is 32.2. The van der Waals surface area contributed by atoms with Crippen LogP contribution in [0.1, 0.15) is 25.3 Å². The minimum absolute atomic E-state index is 0.0252. The molecule has 98 valence electrons. The summed E-state index contributed by atoms with van der Waals surface area (Å²) in [5.41, 5.74) is 7.90. The second-order valence-corrected chi connectivity index (χ2v) is 7.22. The molecule has 4 heteroatoms. The van der Waals surface area contributed by atoms with Crippen molar-refractivity contribution in [3.63, 3.8) is 0 Å². The second-order valence-electron chi connectivity index (χ2n) is 5.53. The first-order chi connectivity index (χ1) is 9.04. The predicted molar refractivity (Wildman–Crippen MR) is 76.7 cm³/mol. The number of rotatable bonds is 0. The summed E-state index contributed by atoms with van der Waals surface area (Å²) in [6, 6.07) is 10.3. The monoisotopic (exact) mass is 272 g/mol. The highest BCUT2D eigenvalue weighted by Crippen LogP contribution is 2.55. The normalized spacial score (nSPS) is 27.8. The van der Waals surface area contributed by atoms with Gasteiger partial charge in [-0.05, 0) is 19.9 Å². The Balaban J connectivity index is 2.21. The third-order valence-electron chi connectivity index (χ3n) is 4.04. The fourth-order valence-corrected chi connectivity index (χ4v) is 4.22. The third kappa shape index (κ3) is 1.81. The molecule has 0 bridgehead atoms. The molecule has 0 amide bonds. The number of nitrogens with two attached hydrogens (primary N) is 1. The van der Waals surface area contributed by atoms with Crippen molar-refractivity contribution in [2.75, 3.05) is 6.61 Å². The number of allylic oxidation sites excluding steroid dienone is 1. The minimum Gasteiger partial charge on any atom is -0.493 e. The van der Waals surface area contributed by atoms with Gasteiger partial charge < -0.3 is 10.5 Å². The zero-order valence-electron chi connectivity index (χ0n) is 11.0. The summed E-state index contributed by atoms with van der Waals surface area (Å²) < 4.78 is 5.85. The Morgan fingerprint density at radius 2 is 2.16 bits per heavy atom. The topological polar surface area (TPSA) is 59.0 Å². The van der Waals surface area contributed by atoms with E-state index in [9.17, 15) is 5.26 Å². The highest BCUT2D eigenvalue weighted by molar-refractivity contribution is 8.04. The molecule has 0 aliphatic carbocycles. The smallest absolute Gasteiger partial charge is 0.123 e. The molecule has 0 aromatic heterocycles. The third-order valence-corrected chi connectivity index (χ3v) is 5.31. The molecule has 0 unspecified atom stereocenters. The molecule has 2 heterocycles. The van der Waals surface area contributed by atoms with E-state index in [0.717, 1.165) is 11.3 Å². The predicted octanol–water partition coefficient (Wildman–Crippen LogP) is 3.00. The van der Waals surface area contributed by atoms with Crippen molar-refractivity contribution < 1.29 is 4.74 Å². The van der Waals surface area contributed by atoms with Gasteiger partial charge in [-0.2, -0.15) is 5.26 Å². The number of ether oxygens (including phenoxy) is 1. The fourth-order valence-electron chi connectivity index (χ4n) is 3.01. The molecule has 0 spiro atoms. The van der Waals surface area contributed by atoms with Crippen LogP contribution in [0, 0.1) is 17.2 Å². The van der Waals surface area contributed by atoms with Crippen LogP contribution >= 0.6 is 11.8 Å². The van der Waals surface area contributed by atoms with Gasteiger partial charge in [-0.3, -0.25) is 0 Å². The number of hydrogen-bond donors (Lipinski definition) is 1. The lowest BCUT2D eigenvalue weighted by molar-refractivity contribution is 0.179. The molecule has 2 N–H and O–H groups in total. The first-order valence-electron chi connectivity index (χ1n) is 6.35. The molecular weight excluding hydrogens is 256 g/mol. The highest BCUT2D eigenvalue weighted by Gasteiger charge is 2.47. The largest absolute Gasteiger partial charge is 0.493 e. The number of nitrogens with zero attached hydrogens (tertiary/aromatic N) is 1. The van der Waals surface area contributed by atoms with Crippen molar-refractivity contribution in [3.05, 3.63) is 40.4 Å². The average molecular weight is 272 g/mol. The van der Waals surface area contributed by atoms with Gasteiger partial charge in [0, 0.05) is 22.1 Å². The van der Waals surface area contributed by atoms with Gasteiger partial charge in [-0.15, -0.1) is 11.8 Å². The van der Waals surface area contributed by atoms with E-state index in [1.54, 1.807) is 11.8 Å². The van der Waals surface area contributed by atoms with Gasteiger partial charge in [0.25, 0.3) is 0 Å². The molecule has 1 aromatic rings. The Bertz CT molecular complexity index is 600. The van der Waals surface area contributed by atoms with Crippen molar-refractivity contribution in [2.24, 2.45) is 11.7 Å². The number of nitriles is 1. The maximum absolute atomic E-state index is 9.45. The van der Waals surface area contributed by atoms with E-state index in [-0.39, 0.29) is 16.6 Å². The van der Waals surface area contributed by atoms with Gasteiger partial charge in [0.15, 0.2) is 0 Å². The summed E-state index contributed by atoms with van der Waals surface area (Å²) in [5.74, 6) is 1.22. The quantitative estimate of drug-likeness (QED) is 0.788. The van der Waals surface area contributed by atoms with Gasteiger partial charge in [-0.1, -0.05) is 18.2 Å². The van der Waals surface area contributed by atoms with Crippen molar-refractivity contribution >= 4 is 11.8 Å². The van der Waals surface area contributed by atoms with E-state index in [4.69, 9.17) is 10.5 Å². The molecule has 2 aliphatic rings.